The van der Waals surface area contributed by atoms with Crippen molar-refractivity contribution in [1.29, 1.82) is 0 Å². The first-order valence-electron chi connectivity index (χ1n) is 14.6. The van der Waals surface area contributed by atoms with E-state index in [-0.39, 0.29) is 18.5 Å². The number of aromatic nitrogens is 2. The molecule has 0 radical (unpaired) electrons. The lowest BCUT2D eigenvalue weighted by atomic mass is 9.99. The quantitative estimate of drug-likeness (QED) is 0.423. The lowest BCUT2D eigenvalue weighted by molar-refractivity contribution is -0.150. The van der Waals surface area contributed by atoms with Crippen LogP contribution in [0.2, 0.25) is 0 Å². The zero-order valence-electron chi connectivity index (χ0n) is 24.0. The van der Waals surface area contributed by atoms with E-state index in [0.717, 1.165) is 36.9 Å². The molecular formula is C30H44N4O5. The summed E-state index contributed by atoms with van der Waals surface area (Å²) in [5.41, 5.74) is 2.87. The van der Waals surface area contributed by atoms with Gasteiger partial charge in [0.15, 0.2) is 6.10 Å². The standard InChI is InChI=1S/C30H44N4O5/c1-30(2,3)39-29(36)32-15-17-38-26(20-32)28(35)33(23-11-12-23)19-21-10-13-24-25(18-21)34(14-7-16-37-4)31-27(24)22-8-5-6-9-22/h10,13,18,22-23,26H,5-9,11-12,14-17,19-20H2,1-4H3/t26-/m1/s1. The second-order valence-corrected chi connectivity index (χ2v) is 12.3. The zero-order chi connectivity index (χ0) is 27.6. The Kier molecular flexibility index (Phi) is 8.47. The number of amides is 2. The van der Waals surface area contributed by atoms with Crippen LogP contribution < -0.4 is 0 Å². The summed E-state index contributed by atoms with van der Waals surface area (Å²) >= 11 is 0. The molecule has 0 unspecified atom stereocenters. The number of methoxy groups -OCH3 is 1. The number of ether oxygens (including phenoxy) is 3. The van der Waals surface area contributed by atoms with Gasteiger partial charge in [-0.15, -0.1) is 0 Å². The third-order valence-electron chi connectivity index (χ3n) is 7.92. The Morgan fingerprint density at radius 1 is 1.15 bits per heavy atom. The normalized spacial score (nSPS) is 20.5. The molecule has 214 valence electrons. The Morgan fingerprint density at radius 2 is 1.92 bits per heavy atom. The van der Waals surface area contributed by atoms with Crippen LogP contribution in [0.4, 0.5) is 4.79 Å². The number of morpholine rings is 1. The first-order chi connectivity index (χ1) is 18.7. The fraction of sp³-hybridized carbons (Fsp3) is 0.700. The zero-order valence-corrected chi connectivity index (χ0v) is 24.0. The van der Waals surface area contributed by atoms with Gasteiger partial charge < -0.3 is 24.0 Å². The van der Waals surface area contributed by atoms with Gasteiger partial charge in [-0.3, -0.25) is 9.48 Å². The van der Waals surface area contributed by atoms with Crippen molar-refractivity contribution in [1.82, 2.24) is 19.6 Å². The van der Waals surface area contributed by atoms with Gasteiger partial charge in [0, 0.05) is 50.7 Å². The molecule has 1 aliphatic heterocycles. The molecule has 0 spiro atoms. The minimum absolute atomic E-state index is 0.0499. The lowest BCUT2D eigenvalue weighted by Crippen LogP contribution is -2.53. The molecule has 2 heterocycles. The van der Waals surface area contributed by atoms with Crippen LogP contribution in [-0.2, 0) is 32.1 Å². The van der Waals surface area contributed by atoms with E-state index >= 15 is 0 Å². The summed E-state index contributed by atoms with van der Waals surface area (Å²) in [6, 6.07) is 6.79. The third kappa shape index (κ3) is 6.74. The maximum absolute atomic E-state index is 13.7. The average molecular weight is 541 g/mol. The maximum Gasteiger partial charge on any atom is 0.410 e. The van der Waals surface area contributed by atoms with Crippen LogP contribution in [0, 0.1) is 0 Å². The summed E-state index contributed by atoms with van der Waals surface area (Å²) < 4.78 is 18.9. The molecule has 1 atom stereocenters. The molecule has 1 aromatic heterocycles. The maximum atomic E-state index is 13.7. The Balaban J connectivity index is 1.33. The van der Waals surface area contributed by atoms with Gasteiger partial charge in [-0.1, -0.05) is 25.0 Å². The van der Waals surface area contributed by atoms with Crippen LogP contribution >= 0.6 is 0 Å². The molecule has 1 aromatic carbocycles. The summed E-state index contributed by atoms with van der Waals surface area (Å²) in [5.74, 6) is 0.481. The fourth-order valence-electron chi connectivity index (χ4n) is 5.82. The molecule has 2 aliphatic carbocycles. The van der Waals surface area contributed by atoms with Gasteiger partial charge in [0.05, 0.1) is 24.4 Å². The summed E-state index contributed by atoms with van der Waals surface area (Å²) in [7, 11) is 1.73. The molecule has 3 fully saturated rings. The second kappa shape index (κ2) is 11.8. The number of nitrogens with zero attached hydrogens (tertiary/aromatic N) is 4. The Morgan fingerprint density at radius 3 is 2.62 bits per heavy atom. The molecule has 0 N–H and O–H groups in total. The SMILES string of the molecule is COCCCn1nc(C2CCCC2)c2ccc(CN(C(=O)[C@H]3CN(C(=O)OC(C)(C)C)CCO3)C3CC3)cc21. The number of benzene rings is 1. The lowest BCUT2D eigenvalue weighted by Gasteiger charge is -2.36. The monoisotopic (exact) mass is 540 g/mol. The van der Waals surface area contributed by atoms with Gasteiger partial charge in [0.2, 0.25) is 0 Å². The van der Waals surface area contributed by atoms with Gasteiger partial charge in [-0.05, 0) is 64.5 Å². The van der Waals surface area contributed by atoms with E-state index in [1.807, 2.05) is 25.7 Å². The van der Waals surface area contributed by atoms with Crippen LogP contribution in [0.15, 0.2) is 18.2 Å². The highest BCUT2D eigenvalue weighted by atomic mass is 16.6. The molecule has 9 heteroatoms. The van der Waals surface area contributed by atoms with Gasteiger partial charge in [0.25, 0.3) is 5.91 Å². The predicted molar refractivity (Wildman–Crippen MR) is 149 cm³/mol. The molecule has 0 bridgehead atoms. The van der Waals surface area contributed by atoms with Crippen molar-refractivity contribution >= 4 is 22.9 Å². The van der Waals surface area contributed by atoms with Crippen molar-refractivity contribution < 1.29 is 23.8 Å². The van der Waals surface area contributed by atoms with Gasteiger partial charge in [-0.2, -0.15) is 5.10 Å². The average Bonchev–Trinajstić information content (AvgIpc) is 3.48. The van der Waals surface area contributed by atoms with E-state index in [1.54, 1.807) is 12.0 Å². The Hall–Kier alpha value is -2.65. The highest BCUT2D eigenvalue weighted by Gasteiger charge is 2.39. The highest BCUT2D eigenvalue weighted by molar-refractivity contribution is 5.85. The molecule has 1 saturated heterocycles. The van der Waals surface area contributed by atoms with E-state index < -0.39 is 17.8 Å². The fourth-order valence-corrected chi connectivity index (χ4v) is 5.82. The molecule has 2 amide bonds. The molecule has 9 nitrogen and oxygen atoms in total. The minimum atomic E-state index is -0.677. The first kappa shape index (κ1) is 27.9. The Labute approximate surface area is 231 Å². The Bertz CT molecular complexity index is 1160. The van der Waals surface area contributed by atoms with Gasteiger partial charge in [0.1, 0.15) is 5.60 Å². The van der Waals surface area contributed by atoms with E-state index in [1.165, 1.54) is 36.8 Å². The van der Waals surface area contributed by atoms with Crippen LogP contribution in [0.25, 0.3) is 10.9 Å². The molecule has 2 saturated carbocycles. The number of carbonyl (C=O) groups is 2. The second-order valence-electron chi connectivity index (χ2n) is 12.3. The van der Waals surface area contributed by atoms with Crippen molar-refractivity contribution in [2.75, 3.05) is 33.4 Å². The van der Waals surface area contributed by atoms with E-state index in [9.17, 15) is 9.59 Å². The predicted octanol–water partition coefficient (Wildman–Crippen LogP) is 4.86. The van der Waals surface area contributed by atoms with Crippen LogP contribution in [0.1, 0.15) is 82.9 Å². The van der Waals surface area contributed by atoms with Crippen LogP contribution in [0.5, 0.6) is 0 Å². The molecule has 5 rings (SSSR count). The van der Waals surface area contributed by atoms with Gasteiger partial charge in [-0.25, -0.2) is 4.79 Å². The van der Waals surface area contributed by atoms with E-state index in [4.69, 9.17) is 19.3 Å². The van der Waals surface area contributed by atoms with Crippen LogP contribution in [-0.4, -0.2) is 82.7 Å². The van der Waals surface area contributed by atoms with Crippen molar-refractivity contribution in [3.8, 4) is 0 Å². The number of aryl methyl sites for hydroxylation is 1. The molecule has 2 aromatic rings. The van der Waals surface area contributed by atoms with Crippen molar-refractivity contribution in [2.45, 2.75) is 102 Å². The third-order valence-corrected chi connectivity index (χ3v) is 7.92. The largest absolute Gasteiger partial charge is 0.444 e. The number of hydrogen-bond donors (Lipinski definition) is 0. The number of rotatable bonds is 9. The number of carbonyl (C=O) groups excluding carboxylic acids is 2. The van der Waals surface area contributed by atoms with Crippen molar-refractivity contribution in [2.24, 2.45) is 0 Å². The van der Waals surface area contributed by atoms with E-state index in [0.29, 0.717) is 32.2 Å². The topological polar surface area (TPSA) is 86.1 Å². The smallest absolute Gasteiger partial charge is 0.410 e. The first-order valence-corrected chi connectivity index (χ1v) is 14.6. The van der Waals surface area contributed by atoms with Crippen molar-refractivity contribution in [3.63, 3.8) is 0 Å². The molecule has 39 heavy (non-hydrogen) atoms. The van der Waals surface area contributed by atoms with Crippen molar-refractivity contribution in [3.05, 3.63) is 29.5 Å². The summed E-state index contributed by atoms with van der Waals surface area (Å²) in [4.78, 5) is 29.9. The highest BCUT2D eigenvalue weighted by Crippen LogP contribution is 2.38. The summed E-state index contributed by atoms with van der Waals surface area (Å²) in [6.07, 6.45) is 6.78. The van der Waals surface area contributed by atoms with Crippen LogP contribution in [0.3, 0.4) is 0 Å². The molecular weight excluding hydrogens is 496 g/mol. The number of fused-ring (bicyclic) bond motifs is 1. The van der Waals surface area contributed by atoms with E-state index in [2.05, 4.69) is 22.9 Å². The molecule has 3 aliphatic rings. The summed E-state index contributed by atoms with van der Waals surface area (Å²) in [6.45, 7) is 8.54. The number of hydrogen-bond acceptors (Lipinski definition) is 6. The van der Waals surface area contributed by atoms with Gasteiger partial charge >= 0.3 is 6.09 Å². The summed E-state index contributed by atoms with van der Waals surface area (Å²) in [5, 5.41) is 6.31. The minimum Gasteiger partial charge on any atom is -0.444 e.